The van der Waals surface area contributed by atoms with E-state index in [4.69, 9.17) is 10.5 Å². The van der Waals surface area contributed by atoms with Gasteiger partial charge >= 0.3 is 6.09 Å². The molecule has 3 N–H and O–H groups in total. The zero-order valence-corrected chi connectivity index (χ0v) is 10.8. The van der Waals surface area contributed by atoms with Gasteiger partial charge in [0.2, 0.25) is 5.91 Å². The van der Waals surface area contributed by atoms with E-state index in [0.717, 1.165) is 19.3 Å². The minimum absolute atomic E-state index is 0.0274. The molecule has 0 aromatic carbocycles. The number of rotatable bonds is 3. The van der Waals surface area contributed by atoms with Gasteiger partial charge in [-0.1, -0.05) is 0 Å². The highest BCUT2D eigenvalue weighted by Crippen LogP contribution is 2.30. The molecule has 5 nitrogen and oxygen atoms in total. The lowest BCUT2D eigenvalue weighted by molar-refractivity contribution is -0.121. The fourth-order valence-corrected chi connectivity index (χ4v) is 2.06. The Balaban J connectivity index is 2.24. The van der Waals surface area contributed by atoms with Crippen molar-refractivity contribution in [2.24, 2.45) is 17.6 Å². The predicted octanol–water partition coefficient (Wildman–Crippen LogP) is 1.41. The smallest absolute Gasteiger partial charge is 0.407 e. The van der Waals surface area contributed by atoms with Gasteiger partial charge < -0.3 is 15.8 Å². The maximum atomic E-state index is 11.4. The molecule has 5 heteroatoms. The molecule has 17 heavy (non-hydrogen) atoms. The topological polar surface area (TPSA) is 81.4 Å². The molecule has 1 aliphatic carbocycles. The number of carbonyl (C=O) groups is 2. The van der Waals surface area contributed by atoms with Crippen LogP contribution in [0.4, 0.5) is 4.79 Å². The second-order valence-corrected chi connectivity index (χ2v) is 5.66. The van der Waals surface area contributed by atoms with Gasteiger partial charge in [-0.25, -0.2) is 4.79 Å². The van der Waals surface area contributed by atoms with E-state index in [9.17, 15) is 9.59 Å². The van der Waals surface area contributed by atoms with Crippen LogP contribution in [-0.2, 0) is 9.53 Å². The Morgan fingerprint density at radius 2 is 2.00 bits per heavy atom. The van der Waals surface area contributed by atoms with Crippen molar-refractivity contribution in [1.82, 2.24) is 5.32 Å². The summed E-state index contributed by atoms with van der Waals surface area (Å²) in [5.41, 5.74) is 4.77. The lowest BCUT2D eigenvalue weighted by Gasteiger charge is -2.20. The fraction of sp³-hybridized carbons (Fsp3) is 0.833. The van der Waals surface area contributed by atoms with Crippen LogP contribution < -0.4 is 11.1 Å². The van der Waals surface area contributed by atoms with E-state index in [-0.39, 0.29) is 11.8 Å². The number of hydrogen-bond acceptors (Lipinski definition) is 3. The first-order valence-electron chi connectivity index (χ1n) is 6.04. The molecule has 0 aromatic rings. The van der Waals surface area contributed by atoms with Gasteiger partial charge in [-0.05, 0) is 46.0 Å². The minimum Gasteiger partial charge on any atom is -0.444 e. The number of ether oxygens (including phenoxy) is 1. The molecule has 0 radical (unpaired) electrons. The van der Waals surface area contributed by atoms with Gasteiger partial charge in [-0.3, -0.25) is 4.79 Å². The highest BCUT2D eigenvalue weighted by Gasteiger charge is 2.28. The Hall–Kier alpha value is -1.26. The summed E-state index contributed by atoms with van der Waals surface area (Å²) in [7, 11) is 0. The Bertz CT molecular complexity index is 297. The van der Waals surface area contributed by atoms with Crippen molar-refractivity contribution in [3.05, 3.63) is 0 Å². The standard InChI is InChI=1S/C12H22N2O3/c1-12(2,3)17-11(16)14-7-8-4-5-9(6-8)10(13)15/h8-9H,4-7H2,1-3H3,(H2,13,15)(H,14,16). The molecule has 1 rings (SSSR count). The van der Waals surface area contributed by atoms with E-state index in [1.165, 1.54) is 0 Å². The predicted molar refractivity (Wildman–Crippen MR) is 64.3 cm³/mol. The largest absolute Gasteiger partial charge is 0.444 e. The summed E-state index contributed by atoms with van der Waals surface area (Å²) in [5.74, 6) is 0.0743. The number of alkyl carbamates (subject to hydrolysis) is 1. The van der Waals surface area contributed by atoms with Gasteiger partial charge in [0.1, 0.15) is 5.60 Å². The summed E-state index contributed by atoms with van der Waals surface area (Å²) in [6.45, 7) is 6.03. The Labute approximate surface area is 102 Å². The van der Waals surface area contributed by atoms with Gasteiger partial charge in [0, 0.05) is 12.5 Å². The van der Waals surface area contributed by atoms with Crippen LogP contribution in [0.25, 0.3) is 0 Å². The SMILES string of the molecule is CC(C)(C)OC(=O)NCC1CCC(C(N)=O)C1. The van der Waals surface area contributed by atoms with Crippen LogP contribution in [0.2, 0.25) is 0 Å². The summed E-state index contributed by atoms with van der Waals surface area (Å²) >= 11 is 0. The van der Waals surface area contributed by atoms with Crippen molar-refractivity contribution >= 4 is 12.0 Å². The highest BCUT2D eigenvalue weighted by molar-refractivity contribution is 5.76. The molecule has 2 atom stereocenters. The number of primary amides is 1. The number of carbonyl (C=O) groups excluding carboxylic acids is 2. The number of nitrogens with one attached hydrogen (secondary N) is 1. The number of hydrogen-bond donors (Lipinski definition) is 2. The average molecular weight is 242 g/mol. The maximum Gasteiger partial charge on any atom is 0.407 e. The zero-order chi connectivity index (χ0) is 13.1. The number of nitrogens with two attached hydrogens (primary N) is 1. The van der Waals surface area contributed by atoms with Crippen LogP contribution in [0.5, 0.6) is 0 Å². The van der Waals surface area contributed by atoms with Crippen LogP contribution >= 0.6 is 0 Å². The van der Waals surface area contributed by atoms with Crippen molar-refractivity contribution < 1.29 is 14.3 Å². The van der Waals surface area contributed by atoms with Crippen LogP contribution in [0, 0.1) is 11.8 Å². The number of amides is 2. The second-order valence-electron chi connectivity index (χ2n) is 5.66. The fourth-order valence-electron chi connectivity index (χ4n) is 2.06. The molecule has 0 aliphatic heterocycles. The van der Waals surface area contributed by atoms with Crippen molar-refractivity contribution in [3.63, 3.8) is 0 Å². The summed E-state index contributed by atoms with van der Waals surface area (Å²) in [4.78, 5) is 22.4. The molecule has 98 valence electrons. The monoisotopic (exact) mass is 242 g/mol. The Kier molecular flexibility index (Phi) is 4.37. The normalized spacial score (nSPS) is 24.4. The molecule has 2 unspecified atom stereocenters. The second kappa shape index (κ2) is 5.38. The summed E-state index contributed by atoms with van der Waals surface area (Å²) in [6, 6.07) is 0. The van der Waals surface area contributed by atoms with Gasteiger partial charge in [-0.15, -0.1) is 0 Å². The van der Waals surface area contributed by atoms with Crippen LogP contribution in [0.3, 0.4) is 0 Å². The third kappa shape index (κ3) is 5.06. The average Bonchev–Trinajstić information content (AvgIpc) is 2.60. The lowest BCUT2D eigenvalue weighted by atomic mass is 10.0. The molecule has 1 aliphatic rings. The van der Waals surface area contributed by atoms with E-state index in [2.05, 4.69) is 5.32 Å². The first kappa shape index (κ1) is 13.8. The van der Waals surface area contributed by atoms with Gasteiger partial charge in [-0.2, -0.15) is 0 Å². The van der Waals surface area contributed by atoms with Crippen molar-refractivity contribution in [2.45, 2.75) is 45.6 Å². The Morgan fingerprint density at radius 1 is 1.35 bits per heavy atom. The molecule has 0 spiro atoms. The quantitative estimate of drug-likeness (QED) is 0.785. The molecule has 1 fully saturated rings. The van der Waals surface area contributed by atoms with Crippen LogP contribution in [-0.4, -0.2) is 24.1 Å². The van der Waals surface area contributed by atoms with E-state index < -0.39 is 11.7 Å². The summed E-state index contributed by atoms with van der Waals surface area (Å²) in [6.07, 6.45) is 2.13. The maximum absolute atomic E-state index is 11.4. The van der Waals surface area contributed by atoms with Crippen molar-refractivity contribution in [2.75, 3.05) is 6.54 Å². The van der Waals surface area contributed by atoms with Crippen LogP contribution in [0.1, 0.15) is 40.0 Å². The molecule has 0 aromatic heterocycles. The zero-order valence-electron chi connectivity index (χ0n) is 10.8. The third-order valence-electron chi connectivity index (χ3n) is 2.88. The first-order chi connectivity index (χ1) is 7.78. The van der Waals surface area contributed by atoms with E-state index in [1.807, 2.05) is 20.8 Å². The van der Waals surface area contributed by atoms with Gasteiger partial charge in [0.25, 0.3) is 0 Å². The molecule has 1 saturated carbocycles. The van der Waals surface area contributed by atoms with Crippen molar-refractivity contribution in [3.8, 4) is 0 Å². The van der Waals surface area contributed by atoms with E-state index in [0.29, 0.717) is 12.5 Å². The molecule has 0 saturated heterocycles. The third-order valence-corrected chi connectivity index (χ3v) is 2.88. The lowest BCUT2D eigenvalue weighted by Crippen LogP contribution is -2.35. The molecule has 0 heterocycles. The highest BCUT2D eigenvalue weighted by atomic mass is 16.6. The molecular weight excluding hydrogens is 220 g/mol. The minimum atomic E-state index is -0.477. The van der Waals surface area contributed by atoms with Gasteiger partial charge in [0.05, 0.1) is 0 Å². The molecule has 0 bridgehead atoms. The van der Waals surface area contributed by atoms with Crippen molar-refractivity contribution in [1.29, 1.82) is 0 Å². The van der Waals surface area contributed by atoms with E-state index >= 15 is 0 Å². The molecule has 2 amide bonds. The summed E-state index contributed by atoms with van der Waals surface area (Å²) in [5, 5.41) is 2.73. The summed E-state index contributed by atoms with van der Waals surface area (Å²) < 4.78 is 5.13. The Morgan fingerprint density at radius 3 is 2.47 bits per heavy atom. The first-order valence-corrected chi connectivity index (χ1v) is 6.04. The molecular formula is C12H22N2O3. The van der Waals surface area contributed by atoms with Crippen LogP contribution in [0.15, 0.2) is 0 Å². The van der Waals surface area contributed by atoms with Gasteiger partial charge in [0.15, 0.2) is 0 Å². The van der Waals surface area contributed by atoms with E-state index in [1.54, 1.807) is 0 Å².